The normalized spacial score (nSPS) is 17.0. The number of guanidine groups is 1. The van der Waals surface area contributed by atoms with Gasteiger partial charge in [-0.05, 0) is 24.6 Å². The molecule has 1 fully saturated rings. The first-order chi connectivity index (χ1) is 10.1. The standard InChI is InChI=1S/C16H25N3O2/c1-4-17-15(19-10-16(2)11-21-12-16)18-9-13-5-7-14(20-3)8-6-13/h5-8H,4,9-12H2,1-3H3,(H2,17,18,19). The second-order valence-electron chi connectivity index (χ2n) is 5.70. The Morgan fingerprint density at radius 1 is 1.29 bits per heavy atom. The van der Waals surface area contributed by atoms with Gasteiger partial charge < -0.3 is 20.1 Å². The fourth-order valence-electron chi connectivity index (χ4n) is 2.09. The van der Waals surface area contributed by atoms with Crippen LogP contribution in [0.4, 0.5) is 0 Å². The van der Waals surface area contributed by atoms with E-state index in [2.05, 4.69) is 29.5 Å². The summed E-state index contributed by atoms with van der Waals surface area (Å²) in [4.78, 5) is 4.61. The molecule has 0 spiro atoms. The van der Waals surface area contributed by atoms with Crippen molar-refractivity contribution in [2.75, 3.05) is 33.4 Å². The van der Waals surface area contributed by atoms with Gasteiger partial charge in [0.15, 0.2) is 5.96 Å². The highest BCUT2D eigenvalue weighted by atomic mass is 16.5. The van der Waals surface area contributed by atoms with Crippen molar-refractivity contribution in [3.8, 4) is 5.75 Å². The van der Waals surface area contributed by atoms with Crippen LogP contribution in [0.3, 0.4) is 0 Å². The van der Waals surface area contributed by atoms with Crippen LogP contribution in [0.15, 0.2) is 29.3 Å². The minimum absolute atomic E-state index is 0.232. The molecule has 1 saturated heterocycles. The van der Waals surface area contributed by atoms with E-state index in [1.165, 1.54) is 0 Å². The maximum absolute atomic E-state index is 5.27. The molecule has 0 amide bonds. The zero-order valence-corrected chi connectivity index (χ0v) is 13.1. The van der Waals surface area contributed by atoms with Gasteiger partial charge in [0.2, 0.25) is 0 Å². The van der Waals surface area contributed by atoms with E-state index in [1.54, 1.807) is 7.11 Å². The molecule has 21 heavy (non-hydrogen) atoms. The molecule has 0 aromatic heterocycles. The van der Waals surface area contributed by atoms with Crippen molar-refractivity contribution in [2.45, 2.75) is 20.4 Å². The van der Waals surface area contributed by atoms with E-state index in [-0.39, 0.29) is 5.41 Å². The second kappa shape index (κ2) is 7.31. The molecule has 0 saturated carbocycles. The van der Waals surface area contributed by atoms with Crippen molar-refractivity contribution in [2.24, 2.45) is 10.4 Å². The third kappa shape index (κ3) is 4.63. The topological polar surface area (TPSA) is 54.9 Å². The largest absolute Gasteiger partial charge is 0.497 e. The fourth-order valence-corrected chi connectivity index (χ4v) is 2.09. The van der Waals surface area contributed by atoms with Gasteiger partial charge >= 0.3 is 0 Å². The van der Waals surface area contributed by atoms with Gasteiger partial charge in [-0.2, -0.15) is 0 Å². The van der Waals surface area contributed by atoms with Gasteiger partial charge in [0.25, 0.3) is 0 Å². The van der Waals surface area contributed by atoms with Crippen LogP contribution in [-0.4, -0.2) is 39.4 Å². The molecule has 2 rings (SSSR count). The van der Waals surface area contributed by atoms with E-state index in [0.717, 1.165) is 43.6 Å². The zero-order valence-electron chi connectivity index (χ0n) is 13.1. The maximum Gasteiger partial charge on any atom is 0.191 e. The minimum Gasteiger partial charge on any atom is -0.497 e. The number of aliphatic imine (C=N–C) groups is 1. The lowest BCUT2D eigenvalue weighted by atomic mass is 9.89. The number of benzene rings is 1. The van der Waals surface area contributed by atoms with Crippen LogP contribution < -0.4 is 15.4 Å². The molecule has 1 aromatic rings. The molecule has 2 N–H and O–H groups in total. The highest BCUT2D eigenvalue weighted by Crippen LogP contribution is 2.24. The molecule has 1 aliphatic heterocycles. The number of hydrogen-bond donors (Lipinski definition) is 2. The van der Waals surface area contributed by atoms with E-state index in [0.29, 0.717) is 6.54 Å². The number of hydrogen-bond acceptors (Lipinski definition) is 3. The third-order valence-corrected chi connectivity index (χ3v) is 3.51. The highest BCUT2D eigenvalue weighted by molar-refractivity contribution is 5.79. The summed E-state index contributed by atoms with van der Waals surface area (Å²) in [5, 5.41) is 6.66. The van der Waals surface area contributed by atoms with E-state index in [9.17, 15) is 0 Å². The summed E-state index contributed by atoms with van der Waals surface area (Å²) in [5.74, 6) is 1.71. The van der Waals surface area contributed by atoms with Crippen LogP contribution in [0.5, 0.6) is 5.75 Å². The number of methoxy groups -OCH3 is 1. The maximum atomic E-state index is 5.27. The first-order valence-electron chi connectivity index (χ1n) is 7.38. The van der Waals surface area contributed by atoms with Crippen LogP contribution in [-0.2, 0) is 11.3 Å². The molecule has 116 valence electrons. The van der Waals surface area contributed by atoms with Gasteiger partial charge in [-0.25, -0.2) is 4.99 Å². The summed E-state index contributed by atoms with van der Waals surface area (Å²) in [6, 6.07) is 7.98. The molecule has 5 heteroatoms. The lowest BCUT2D eigenvalue weighted by Crippen LogP contribution is -2.51. The summed E-state index contributed by atoms with van der Waals surface area (Å²) >= 11 is 0. The van der Waals surface area contributed by atoms with Crippen LogP contribution >= 0.6 is 0 Å². The average Bonchev–Trinajstić information content (AvgIpc) is 2.48. The van der Waals surface area contributed by atoms with E-state index in [4.69, 9.17) is 9.47 Å². The number of ether oxygens (including phenoxy) is 2. The van der Waals surface area contributed by atoms with Crippen LogP contribution in [0.25, 0.3) is 0 Å². The Balaban J connectivity index is 1.89. The quantitative estimate of drug-likeness (QED) is 0.620. The third-order valence-electron chi connectivity index (χ3n) is 3.51. The summed E-state index contributed by atoms with van der Waals surface area (Å²) in [6.45, 7) is 8.29. The average molecular weight is 291 g/mol. The Bertz CT molecular complexity index is 467. The number of rotatable bonds is 6. The molecule has 0 aliphatic carbocycles. The molecular weight excluding hydrogens is 266 g/mol. The SMILES string of the molecule is CCNC(=NCc1ccc(OC)cc1)NCC1(C)COC1. The van der Waals surface area contributed by atoms with Gasteiger partial charge in [0.1, 0.15) is 5.75 Å². The number of nitrogens with zero attached hydrogens (tertiary/aromatic N) is 1. The lowest BCUT2D eigenvalue weighted by Gasteiger charge is -2.38. The smallest absolute Gasteiger partial charge is 0.191 e. The predicted octanol–water partition coefficient (Wildman–Crippen LogP) is 1.79. The molecule has 0 atom stereocenters. The molecule has 0 unspecified atom stereocenters. The van der Waals surface area contributed by atoms with Crippen LogP contribution in [0, 0.1) is 5.41 Å². The predicted molar refractivity (Wildman–Crippen MR) is 84.7 cm³/mol. The monoisotopic (exact) mass is 291 g/mol. The Labute approximate surface area is 126 Å². The first-order valence-corrected chi connectivity index (χ1v) is 7.38. The first kappa shape index (κ1) is 15.6. The number of nitrogens with one attached hydrogen (secondary N) is 2. The van der Waals surface area contributed by atoms with Crippen molar-refractivity contribution in [3.63, 3.8) is 0 Å². The summed E-state index contributed by atoms with van der Waals surface area (Å²) in [5.41, 5.74) is 1.39. The lowest BCUT2D eigenvalue weighted by molar-refractivity contribution is -0.0971. The Hall–Kier alpha value is -1.75. The van der Waals surface area contributed by atoms with Gasteiger partial charge in [0.05, 0.1) is 26.9 Å². The van der Waals surface area contributed by atoms with Crippen LogP contribution in [0.2, 0.25) is 0 Å². The van der Waals surface area contributed by atoms with E-state index >= 15 is 0 Å². The van der Waals surface area contributed by atoms with Crippen molar-refractivity contribution in [1.29, 1.82) is 0 Å². The van der Waals surface area contributed by atoms with E-state index in [1.807, 2.05) is 24.3 Å². The molecule has 1 aliphatic rings. The minimum atomic E-state index is 0.232. The molecule has 0 radical (unpaired) electrons. The molecule has 0 bridgehead atoms. The molecule has 1 heterocycles. The summed E-state index contributed by atoms with van der Waals surface area (Å²) in [7, 11) is 1.67. The zero-order chi connectivity index (χ0) is 15.1. The van der Waals surface area contributed by atoms with Crippen LogP contribution in [0.1, 0.15) is 19.4 Å². The van der Waals surface area contributed by atoms with Crippen molar-refractivity contribution in [3.05, 3.63) is 29.8 Å². The Morgan fingerprint density at radius 3 is 2.52 bits per heavy atom. The van der Waals surface area contributed by atoms with Crippen molar-refractivity contribution >= 4 is 5.96 Å². The summed E-state index contributed by atoms with van der Waals surface area (Å²) < 4.78 is 10.4. The Kier molecular flexibility index (Phi) is 5.44. The van der Waals surface area contributed by atoms with Crippen molar-refractivity contribution < 1.29 is 9.47 Å². The summed E-state index contributed by atoms with van der Waals surface area (Å²) in [6.07, 6.45) is 0. The van der Waals surface area contributed by atoms with E-state index < -0.39 is 0 Å². The van der Waals surface area contributed by atoms with Gasteiger partial charge in [-0.1, -0.05) is 19.1 Å². The Morgan fingerprint density at radius 2 is 2.00 bits per heavy atom. The fraction of sp³-hybridized carbons (Fsp3) is 0.562. The highest BCUT2D eigenvalue weighted by Gasteiger charge is 2.33. The molecule has 5 nitrogen and oxygen atoms in total. The van der Waals surface area contributed by atoms with Gasteiger partial charge in [0, 0.05) is 18.5 Å². The second-order valence-corrected chi connectivity index (χ2v) is 5.70. The van der Waals surface area contributed by atoms with Crippen molar-refractivity contribution in [1.82, 2.24) is 10.6 Å². The molecular formula is C16H25N3O2. The van der Waals surface area contributed by atoms with Gasteiger partial charge in [-0.3, -0.25) is 0 Å². The van der Waals surface area contributed by atoms with Gasteiger partial charge in [-0.15, -0.1) is 0 Å². The molecule has 1 aromatic carbocycles.